The van der Waals surface area contributed by atoms with Gasteiger partial charge in [0.2, 0.25) is 5.82 Å². The van der Waals surface area contributed by atoms with E-state index in [2.05, 4.69) is 15.5 Å². The molecule has 1 aromatic heterocycles. The van der Waals surface area contributed by atoms with Crippen molar-refractivity contribution in [3.8, 4) is 28.6 Å². The molecule has 0 atom stereocenters. The van der Waals surface area contributed by atoms with E-state index in [1.165, 1.54) is 0 Å². The first kappa shape index (κ1) is 18.7. The van der Waals surface area contributed by atoms with E-state index in [-0.39, 0.29) is 12.5 Å². The number of hydrogen-bond donors (Lipinski definition) is 1. The summed E-state index contributed by atoms with van der Waals surface area (Å²) in [6.07, 6.45) is 0. The van der Waals surface area contributed by atoms with E-state index in [1.54, 1.807) is 42.5 Å². The van der Waals surface area contributed by atoms with Gasteiger partial charge in [-0.25, -0.2) is 0 Å². The SMILES string of the molecule is O=C(COc1cccc(-c2nc(-c3ccccc3)no2)c1)Nc1ccc(Cl)cc1. The zero-order chi connectivity index (χ0) is 20.1. The van der Waals surface area contributed by atoms with Crippen LogP contribution in [0.2, 0.25) is 5.02 Å². The number of halogens is 1. The predicted molar refractivity (Wildman–Crippen MR) is 111 cm³/mol. The van der Waals surface area contributed by atoms with Crippen molar-refractivity contribution in [1.29, 1.82) is 0 Å². The van der Waals surface area contributed by atoms with Gasteiger partial charge in [0.15, 0.2) is 6.61 Å². The Labute approximate surface area is 172 Å². The van der Waals surface area contributed by atoms with Gasteiger partial charge >= 0.3 is 0 Å². The number of ether oxygens (including phenoxy) is 1. The molecule has 0 fully saturated rings. The van der Waals surface area contributed by atoms with E-state index in [1.807, 2.05) is 36.4 Å². The molecule has 0 spiro atoms. The number of nitrogens with zero attached hydrogens (tertiary/aromatic N) is 2. The summed E-state index contributed by atoms with van der Waals surface area (Å²) in [5.41, 5.74) is 2.22. The Bertz CT molecular complexity index is 1110. The molecule has 4 aromatic rings. The van der Waals surface area contributed by atoms with E-state index in [0.717, 1.165) is 5.56 Å². The number of carbonyl (C=O) groups is 1. The average molecular weight is 406 g/mol. The molecule has 29 heavy (non-hydrogen) atoms. The summed E-state index contributed by atoms with van der Waals surface area (Å²) in [5, 5.41) is 7.37. The van der Waals surface area contributed by atoms with Gasteiger partial charge in [0, 0.05) is 21.8 Å². The molecule has 0 saturated carbocycles. The molecule has 1 amide bonds. The van der Waals surface area contributed by atoms with Crippen LogP contribution < -0.4 is 10.1 Å². The van der Waals surface area contributed by atoms with Crippen molar-refractivity contribution < 1.29 is 14.1 Å². The lowest BCUT2D eigenvalue weighted by atomic mass is 10.2. The van der Waals surface area contributed by atoms with E-state index in [9.17, 15) is 4.79 Å². The highest BCUT2D eigenvalue weighted by Gasteiger charge is 2.11. The topological polar surface area (TPSA) is 77.2 Å². The van der Waals surface area contributed by atoms with Crippen molar-refractivity contribution in [3.05, 3.63) is 83.9 Å². The Morgan fingerprint density at radius 3 is 2.52 bits per heavy atom. The summed E-state index contributed by atoms with van der Waals surface area (Å²) in [7, 11) is 0. The monoisotopic (exact) mass is 405 g/mol. The third kappa shape index (κ3) is 4.80. The number of anilines is 1. The van der Waals surface area contributed by atoms with Crippen LogP contribution in [0, 0.1) is 0 Å². The molecule has 0 bridgehead atoms. The maximum absolute atomic E-state index is 12.1. The second-order valence-corrected chi connectivity index (χ2v) is 6.60. The first-order valence-corrected chi connectivity index (χ1v) is 9.23. The number of amides is 1. The average Bonchev–Trinajstić information content (AvgIpc) is 3.25. The molecule has 1 heterocycles. The van der Waals surface area contributed by atoms with Gasteiger partial charge in [-0.05, 0) is 42.5 Å². The number of hydrogen-bond acceptors (Lipinski definition) is 5. The molecule has 4 rings (SSSR count). The van der Waals surface area contributed by atoms with Crippen LogP contribution in [0.1, 0.15) is 0 Å². The molecule has 0 aliphatic rings. The molecule has 3 aromatic carbocycles. The molecule has 6 nitrogen and oxygen atoms in total. The third-order valence-electron chi connectivity index (χ3n) is 4.04. The predicted octanol–water partition coefficient (Wildman–Crippen LogP) is 5.07. The van der Waals surface area contributed by atoms with E-state index in [0.29, 0.717) is 33.7 Å². The van der Waals surface area contributed by atoms with E-state index >= 15 is 0 Å². The molecule has 0 aliphatic heterocycles. The summed E-state index contributed by atoms with van der Waals surface area (Å²) in [4.78, 5) is 16.5. The van der Waals surface area contributed by atoms with E-state index in [4.69, 9.17) is 20.9 Å². The summed E-state index contributed by atoms with van der Waals surface area (Å²) < 4.78 is 11.0. The number of nitrogens with one attached hydrogen (secondary N) is 1. The molecular weight excluding hydrogens is 390 g/mol. The molecule has 0 unspecified atom stereocenters. The number of benzene rings is 3. The van der Waals surface area contributed by atoms with Crippen molar-refractivity contribution in [1.82, 2.24) is 10.1 Å². The Balaban J connectivity index is 1.40. The zero-order valence-electron chi connectivity index (χ0n) is 15.2. The van der Waals surface area contributed by atoms with Crippen molar-refractivity contribution in [2.24, 2.45) is 0 Å². The maximum atomic E-state index is 12.1. The molecule has 0 radical (unpaired) electrons. The Hall–Kier alpha value is -3.64. The van der Waals surface area contributed by atoms with Crippen LogP contribution in [0.3, 0.4) is 0 Å². The summed E-state index contributed by atoms with van der Waals surface area (Å²) in [6, 6.07) is 23.6. The van der Waals surface area contributed by atoms with Crippen LogP contribution in [0.4, 0.5) is 5.69 Å². The standard InChI is InChI=1S/C22H16ClN3O3/c23-17-9-11-18(12-10-17)24-20(27)14-28-19-8-4-7-16(13-19)22-25-21(26-29-22)15-5-2-1-3-6-15/h1-13H,14H2,(H,24,27). The Morgan fingerprint density at radius 2 is 1.72 bits per heavy atom. The third-order valence-corrected chi connectivity index (χ3v) is 4.29. The highest BCUT2D eigenvalue weighted by molar-refractivity contribution is 6.30. The second kappa shape index (κ2) is 8.58. The molecule has 1 N–H and O–H groups in total. The lowest BCUT2D eigenvalue weighted by Gasteiger charge is -2.08. The van der Waals surface area contributed by atoms with Gasteiger partial charge in [-0.1, -0.05) is 53.2 Å². The van der Waals surface area contributed by atoms with Gasteiger partial charge in [-0.3, -0.25) is 4.79 Å². The normalized spacial score (nSPS) is 10.5. The fraction of sp³-hybridized carbons (Fsp3) is 0.0455. The summed E-state index contributed by atoms with van der Waals surface area (Å²) in [5.74, 6) is 1.13. The lowest BCUT2D eigenvalue weighted by Crippen LogP contribution is -2.20. The van der Waals surface area contributed by atoms with Gasteiger partial charge in [0.05, 0.1) is 0 Å². The number of aromatic nitrogens is 2. The fourth-order valence-electron chi connectivity index (χ4n) is 2.64. The number of carbonyl (C=O) groups excluding carboxylic acids is 1. The highest BCUT2D eigenvalue weighted by atomic mass is 35.5. The molecule has 144 valence electrons. The van der Waals surface area contributed by atoms with Crippen molar-refractivity contribution in [3.63, 3.8) is 0 Å². The van der Waals surface area contributed by atoms with Gasteiger partial charge in [0.1, 0.15) is 5.75 Å². The van der Waals surface area contributed by atoms with Crippen LogP contribution >= 0.6 is 11.6 Å². The highest BCUT2D eigenvalue weighted by Crippen LogP contribution is 2.25. The van der Waals surface area contributed by atoms with Crippen LogP contribution in [0.25, 0.3) is 22.8 Å². The van der Waals surface area contributed by atoms with Gasteiger partial charge < -0.3 is 14.6 Å². The quantitative estimate of drug-likeness (QED) is 0.484. The first-order valence-electron chi connectivity index (χ1n) is 8.85. The minimum Gasteiger partial charge on any atom is -0.484 e. The molecular formula is C22H16ClN3O3. The minimum absolute atomic E-state index is 0.134. The van der Waals surface area contributed by atoms with Crippen LogP contribution in [0.5, 0.6) is 5.75 Å². The van der Waals surface area contributed by atoms with Crippen LogP contribution in [-0.2, 0) is 4.79 Å². The Morgan fingerprint density at radius 1 is 0.966 bits per heavy atom. The number of rotatable bonds is 6. The summed E-state index contributed by atoms with van der Waals surface area (Å²) in [6.45, 7) is -0.134. The van der Waals surface area contributed by atoms with Crippen molar-refractivity contribution >= 4 is 23.2 Å². The van der Waals surface area contributed by atoms with Crippen molar-refractivity contribution in [2.75, 3.05) is 11.9 Å². The Kier molecular flexibility index (Phi) is 5.54. The second-order valence-electron chi connectivity index (χ2n) is 6.16. The molecule has 0 aliphatic carbocycles. The van der Waals surface area contributed by atoms with Gasteiger partial charge in [-0.15, -0.1) is 0 Å². The fourth-order valence-corrected chi connectivity index (χ4v) is 2.77. The van der Waals surface area contributed by atoms with Gasteiger partial charge in [0.25, 0.3) is 11.8 Å². The largest absolute Gasteiger partial charge is 0.484 e. The first-order chi connectivity index (χ1) is 14.2. The van der Waals surface area contributed by atoms with E-state index < -0.39 is 0 Å². The lowest BCUT2D eigenvalue weighted by molar-refractivity contribution is -0.118. The summed E-state index contributed by atoms with van der Waals surface area (Å²) >= 11 is 5.84. The molecule has 7 heteroatoms. The van der Waals surface area contributed by atoms with Crippen molar-refractivity contribution in [2.45, 2.75) is 0 Å². The smallest absolute Gasteiger partial charge is 0.262 e. The van der Waals surface area contributed by atoms with Crippen LogP contribution in [-0.4, -0.2) is 22.7 Å². The minimum atomic E-state index is -0.276. The van der Waals surface area contributed by atoms with Crippen LogP contribution in [0.15, 0.2) is 83.4 Å². The maximum Gasteiger partial charge on any atom is 0.262 e. The van der Waals surface area contributed by atoms with Gasteiger partial charge in [-0.2, -0.15) is 4.98 Å². The molecule has 0 saturated heterocycles. The zero-order valence-corrected chi connectivity index (χ0v) is 16.0.